The van der Waals surface area contributed by atoms with Gasteiger partial charge in [-0.25, -0.2) is 0 Å². The van der Waals surface area contributed by atoms with Gasteiger partial charge in [-0.2, -0.15) is 5.10 Å². The first-order valence-corrected chi connectivity index (χ1v) is 8.17. The van der Waals surface area contributed by atoms with Gasteiger partial charge < -0.3 is 14.6 Å². The molecule has 0 bridgehead atoms. The molecule has 26 heavy (non-hydrogen) atoms. The van der Waals surface area contributed by atoms with Gasteiger partial charge >= 0.3 is 5.69 Å². The number of rotatable bonds is 8. The Labute approximate surface area is 151 Å². The number of aromatic nitrogens is 2. The van der Waals surface area contributed by atoms with Crippen molar-refractivity contribution < 1.29 is 19.5 Å². The minimum Gasteiger partial charge on any atom is -0.493 e. The summed E-state index contributed by atoms with van der Waals surface area (Å²) in [4.78, 5) is 10.6. The van der Waals surface area contributed by atoms with E-state index in [1.807, 2.05) is 31.2 Å². The number of aryl methyl sites for hydroxylation is 1. The molecule has 2 rings (SSSR count). The van der Waals surface area contributed by atoms with Crippen LogP contribution in [-0.2, 0) is 6.54 Å². The van der Waals surface area contributed by atoms with Gasteiger partial charge in [0.2, 0.25) is 0 Å². The molecule has 140 valence electrons. The van der Waals surface area contributed by atoms with E-state index < -0.39 is 11.0 Å². The van der Waals surface area contributed by atoms with E-state index in [-0.39, 0.29) is 18.8 Å². The van der Waals surface area contributed by atoms with E-state index in [9.17, 15) is 15.2 Å². The van der Waals surface area contributed by atoms with Gasteiger partial charge in [0.05, 0.1) is 18.6 Å². The summed E-state index contributed by atoms with van der Waals surface area (Å²) < 4.78 is 12.4. The zero-order valence-corrected chi connectivity index (χ0v) is 15.3. The summed E-state index contributed by atoms with van der Waals surface area (Å²) in [7, 11) is 1.55. The maximum atomic E-state index is 11.0. The Kier molecular flexibility index (Phi) is 6.35. The minimum atomic E-state index is -0.882. The molecule has 1 aromatic carbocycles. The number of benzene rings is 1. The lowest BCUT2D eigenvalue weighted by Crippen LogP contribution is -2.25. The number of aliphatic hydroxyl groups is 1. The van der Waals surface area contributed by atoms with Gasteiger partial charge in [-0.05, 0) is 38.5 Å². The van der Waals surface area contributed by atoms with Crippen molar-refractivity contribution in [2.75, 3.05) is 13.7 Å². The van der Waals surface area contributed by atoms with Gasteiger partial charge in [-0.1, -0.05) is 18.2 Å². The van der Waals surface area contributed by atoms with E-state index in [2.05, 4.69) is 5.10 Å². The number of hydrogen-bond acceptors (Lipinski definition) is 6. The van der Waals surface area contributed by atoms with Crippen LogP contribution >= 0.6 is 0 Å². The number of methoxy groups -OCH3 is 1. The number of hydrogen-bond donors (Lipinski definition) is 1. The van der Waals surface area contributed by atoms with Crippen LogP contribution < -0.4 is 9.47 Å². The maximum absolute atomic E-state index is 11.0. The van der Waals surface area contributed by atoms with Crippen LogP contribution in [-0.4, -0.2) is 39.6 Å². The molecule has 1 heterocycles. The molecular formula is C18H23N3O5. The SMILES string of the molecule is C/C=C/c1ccc(OCC(O)Cn2nc(C)c([N+](=O)[O-])c2C)c(OC)c1. The number of allylic oxidation sites excluding steroid dienone is 1. The molecule has 0 spiro atoms. The fourth-order valence-corrected chi connectivity index (χ4v) is 2.67. The lowest BCUT2D eigenvalue weighted by molar-refractivity contribution is -0.386. The van der Waals surface area contributed by atoms with Crippen LogP contribution in [0, 0.1) is 24.0 Å². The van der Waals surface area contributed by atoms with Crippen molar-refractivity contribution in [3.05, 3.63) is 51.3 Å². The van der Waals surface area contributed by atoms with Crippen molar-refractivity contribution in [2.45, 2.75) is 33.4 Å². The second kappa shape index (κ2) is 8.48. The van der Waals surface area contributed by atoms with E-state index in [1.165, 1.54) is 4.68 Å². The van der Waals surface area contributed by atoms with Gasteiger partial charge in [0.25, 0.3) is 0 Å². The van der Waals surface area contributed by atoms with Crippen LogP contribution in [0.2, 0.25) is 0 Å². The summed E-state index contributed by atoms with van der Waals surface area (Å²) in [5.41, 5.74) is 1.67. The molecule has 0 radical (unpaired) electrons. The summed E-state index contributed by atoms with van der Waals surface area (Å²) in [5, 5.41) is 25.4. The standard InChI is InChI=1S/C18H23N3O5/c1-5-6-14-7-8-16(17(9-14)25-4)26-11-15(22)10-20-13(3)18(21(23)24)12(2)19-20/h5-9,15,22H,10-11H2,1-4H3/b6-5+. The van der Waals surface area contributed by atoms with E-state index in [4.69, 9.17) is 9.47 Å². The summed E-state index contributed by atoms with van der Waals surface area (Å²) in [6.07, 6.45) is 2.98. The molecule has 0 amide bonds. The van der Waals surface area contributed by atoms with E-state index in [1.54, 1.807) is 27.0 Å². The fraction of sp³-hybridized carbons (Fsp3) is 0.389. The minimum absolute atomic E-state index is 0.00543. The van der Waals surface area contributed by atoms with Crippen LogP contribution in [0.15, 0.2) is 24.3 Å². The first kappa shape index (κ1) is 19.5. The summed E-state index contributed by atoms with van der Waals surface area (Å²) in [6.45, 7) is 5.21. The Bertz CT molecular complexity index is 813. The largest absolute Gasteiger partial charge is 0.493 e. The highest BCUT2D eigenvalue weighted by atomic mass is 16.6. The molecule has 1 unspecified atom stereocenters. The topological polar surface area (TPSA) is 99.7 Å². The van der Waals surface area contributed by atoms with Gasteiger partial charge in [0.1, 0.15) is 24.1 Å². The van der Waals surface area contributed by atoms with Crippen molar-refractivity contribution in [1.29, 1.82) is 0 Å². The first-order chi connectivity index (χ1) is 12.4. The predicted octanol–water partition coefficient (Wildman–Crippen LogP) is 2.89. The second-order valence-electron chi connectivity index (χ2n) is 5.83. The molecule has 0 aliphatic rings. The second-order valence-corrected chi connectivity index (χ2v) is 5.83. The van der Waals surface area contributed by atoms with E-state index in [0.717, 1.165) is 5.56 Å². The number of ether oxygens (including phenoxy) is 2. The van der Waals surface area contributed by atoms with Gasteiger partial charge in [0.15, 0.2) is 11.5 Å². The number of nitro groups is 1. The molecule has 0 saturated carbocycles. The average molecular weight is 361 g/mol. The van der Waals surface area contributed by atoms with Crippen LogP contribution in [0.5, 0.6) is 11.5 Å². The molecule has 0 aliphatic carbocycles. The smallest absolute Gasteiger partial charge is 0.312 e. The predicted molar refractivity (Wildman–Crippen MR) is 97.6 cm³/mol. The Balaban J connectivity index is 2.04. The molecular weight excluding hydrogens is 338 g/mol. The Hall–Kier alpha value is -2.87. The van der Waals surface area contributed by atoms with Crippen LogP contribution in [0.25, 0.3) is 6.08 Å². The number of aliphatic hydroxyl groups excluding tert-OH is 1. The third-order valence-corrected chi connectivity index (χ3v) is 3.89. The maximum Gasteiger partial charge on any atom is 0.312 e. The quantitative estimate of drug-likeness (QED) is 0.573. The molecule has 0 fully saturated rings. The molecule has 2 aromatic rings. The first-order valence-electron chi connectivity index (χ1n) is 8.17. The van der Waals surface area contributed by atoms with E-state index in [0.29, 0.717) is 22.9 Å². The molecule has 8 heteroatoms. The third-order valence-electron chi connectivity index (χ3n) is 3.89. The van der Waals surface area contributed by atoms with Crippen molar-refractivity contribution in [2.24, 2.45) is 0 Å². The monoisotopic (exact) mass is 361 g/mol. The molecule has 1 atom stereocenters. The van der Waals surface area contributed by atoms with Crippen molar-refractivity contribution in [1.82, 2.24) is 9.78 Å². The van der Waals surface area contributed by atoms with E-state index >= 15 is 0 Å². The Morgan fingerprint density at radius 2 is 2.12 bits per heavy atom. The molecule has 0 aliphatic heterocycles. The lowest BCUT2D eigenvalue weighted by Gasteiger charge is -2.15. The van der Waals surface area contributed by atoms with Gasteiger partial charge in [0, 0.05) is 0 Å². The Morgan fingerprint density at radius 1 is 1.38 bits per heavy atom. The normalized spacial score (nSPS) is 12.3. The van der Waals surface area contributed by atoms with Crippen LogP contribution in [0.3, 0.4) is 0 Å². The molecule has 0 saturated heterocycles. The van der Waals surface area contributed by atoms with Crippen molar-refractivity contribution in [3.63, 3.8) is 0 Å². The average Bonchev–Trinajstić information content (AvgIpc) is 2.87. The zero-order valence-electron chi connectivity index (χ0n) is 15.3. The highest BCUT2D eigenvalue weighted by Gasteiger charge is 2.23. The van der Waals surface area contributed by atoms with Crippen molar-refractivity contribution in [3.8, 4) is 11.5 Å². The third kappa shape index (κ3) is 4.40. The van der Waals surface area contributed by atoms with Gasteiger partial charge in [-0.15, -0.1) is 0 Å². The van der Waals surface area contributed by atoms with Crippen LogP contribution in [0.4, 0.5) is 5.69 Å². The van der Waals surface area contributed by atoms with Gasteiger partial charge in [-0.3, -0.25) is 14.8 Å². The molecule has 1 N–H and O–H groups in total. The fourth-order valence-electron chi connectivity index (χ4n) is 2.67. The zero-order chi connectivity index (χ0) is 19.3. The molecule has 1 aromatic heterocycles. The highest BCUT2D eigenvalue weighted by molar-refractivity contribution is 5.55. The number of nitrogens with zero attached hydrogens (tertiary/aromatic N) is 3. The highest BCUT2D eigenvalue weighted by Crippen LogP contribution is 2.29. The molecule has 8 nitrogen and oxygen atoms in total. The van der Waals surface area contributed by atoms with Crippen LogP contribution in [0.1, 0.15) is 23.9 Å². The van der Waals surface area contributed by atoms with Crippen molar-refractivity contribution >= 4 is 11.8 Å². The summed E-state index contributed by atoms with van der Waals surface area (Å²) in [6, 6.07) is 5.50. The summed E-state index contributed by atoms with van der Waals surface area (Å²) in [5.74, 6) is 1.08. The Morgan fingerprint density at radius 3 is 2.69 bits per heavy atom. The lowest BCUT2D eigenvalue weighted by atomic mass is 10.2. The summed E-state index contributed by atoms with van der Waals surface area (Å²) >= 11 is 0.